The van der Waals surface area contributed by atoms with Gasteiger partial charge in [-0.25, -0.2) is 8.42 Å². The molecular weight excluding hydrogens is 425 g/mol. The molecule has 0 spiro atoms. The van der Waals surface area contributed by atoms with E-state index in [9.17, 15) is 18.0 Å². The lowest BCUT2D eigenvalue weighted by Crippen LogP contribution is -2.47. The number of halogens is 2. The van der Waals surface area contributed by atoms with Crippen LogP contribution in [0.2, 0.25) is 10.0 Å². The number of nitrogens with zero attached hydrogens (tertiary/aromatic N) is 2. The topological polar surface area (TPSA) is 101 Å². The molecule has 2 heterocycles. The van der Waals surface area contributed by atoms with E-state index in [0.717, 1.165) is 0 Å². The molecule has 7 nitrogen and oxygen atoms in total. The molecule has 2 amide bonds. The molecule has 2 aliphatic rings. The van der Waals surface area contributed by atoms with Crippen molar-refractivity contribution in [1.29, 1.82) is 0 Å². The van der Waals surface area contributed by atoms with Crippen molar-refractivity contribution in [1.82, 2.24) is 9.21 Å². The first-order valence-electron chi connectivity index (χ1n) is 9.24. The van der Waals surface area contributed by atoms with Crippen molar-refractivity contribution >= 4 is 45.0 Å². The molecule has 0 aliphatic carbocycles. The van der Waals surface area contributed by atoms with Gasteiger partial charge in [0, 0.05) is 38.0 Å². The molecule has 0 saturated carbocycles. The number of carbonyl (C=O) groups excluding carboxylic acids is 2. The number of rotatable bonds is 4. The minimum atomic E-state index is -3.82. The van der Waals surface area contributed by atoms with E-state index in [-0.39, 0.29) is 51.7 Å². The minimum absolute atomic E-state index is 0.0238. The Bertz CT molecular complexity index is 841. The zero-order valence-corrected chi connectivity index (χ0v) is 17.6. The number of benzene rings is 1. The Kier molecular flexibility index (Phi) is 6.54. The van der Waals surface area contributed by atoms with E-state index in [2.05, 4.69) is 0 Å². The maximum atomic E-state index is 12.9. The van der Waals surface area contributed by atoms with E-state index in [1.165, 1.54) is 16.4 Å². The molecule has 28 heavy (non-hydrogen) atoms. The quantitative estimate of drug-likeness (QED) is 0.763. The monoisotopic (exact) mass is 447 g/mol. The fourth-order valence-corrected chi connectivity index (χ4v) is 6.40. The summed E-state index contributed by atoms with van der Waals surface area (Å²) in [7, 11) is -3.82. The summed E-state index contributed by atoms with van der Waals surface area (Å²) in [5, 5.41) is 0.172. The molecule has 2 N–H and O–H groups in total. The summed E-state index contributed by atoms with van der Waals surface area (Å²) in [6.45, 7) is 1.50. The third-order valence-electron chi connectivity index (χ3n) is 5.53. The molecule has 2 aliphatic heterocycles. The standard InChI is InChI=1S/C18H23Cl2N3O4S/c19-14-2-1-3-15(20)16(14)28(26,27)23-10-6-13(7-11-23)18(25)22-8-4-12(5-9-22)17(21)24/h1-3,12-13H,4-11H2,(H2,21,24). The predicted molar refractivity (Wildman–Crippen MR) is 106 cm³/mol. The van der Waals surface area contributed by atoms with Gasteiger partial charge < -0.3 is 10.6 Å². The van der Waals surface area contributed by atoms with Crippen LogP contribution in [-0.4, -0.2) is 55.6 Å². The van der Waals surface area contributed by atoms with Crippen LogP contribution in [0.25, 0.3) is 0 Å². The van der Waals surface area contributed by atoms with E-state index in [1.54, 1.807) is 11.0 Å². The highest BCUT2D eigenvalue weighted by molar-refractivity contribution is 7.89. The van der Waals surface area contributed by atoms with Crippen LogP contribution >= 0.6 is 23.2 Å². The second-order valence-electron chi connectivity index (χ2n) is 7.23. The maximum absolute atomic E-state index is 12.9. The first-order chi connectivity index (χ1) is 13.2. The molecule has 0 unspecified atom stereocenters. The van der Waals surface area contributed by atoms with Gasteiger partial charge in [0.15, 0.2) is 0 Å². The number of amides is 2. The van der Waals surface area contributed by atoms with Gasteiger partial charge in [0.1, 0.15) is 4.90 Å². The number of carbonyl (C=O) groups is 2. The van der Waals surface area contributed by atoms with E-state index in [4.69, 9.17) is 28.9 Å². The number of piperidine rings is 2. The Labute approximate surface area is 174 Å². The Hall–Kier alpha value is -1.35. The second kappa shape index (κ2) is 8.57. The number of nitrogens with two attached hydrogens (primary N) is 1. The summed E-state index contributed by atoms with van der Waals surface area (Å²) in [6, 6.07) is 4.58. The molecule has 1 aromatic carbocycles. The molecule has 2 fully saturated rings. The summed E-state index contributed by atoms with van der Waals surface area (Å²) in [5.74, 6) is -0.686. The van der Waals surface area contributed by atoms with E-state index < -0.39 is 10.0 Å². The largest absolute Gasteiger partial charge is 0.369 e. The minimum Gasteiger partial charge on any atom is -0.369 e. The first-order valence-corrected chi connectivity index (χ1v) is 11.4. The van der Waals surface area contributed by atoms with Gasteiger partial charge >= 0.3 is 0 Å². The van der Waals surface area contributed by atoms with E-state index >= 15 is 0 Å². The highest BCUT2D eigenvalue weighted by Crippen LogP contribution is 2.34. The van der Waals surface area contributed by atoms with Crippen LogP contribution in [0.5, 0.6) is 0 Å². The highest BCUT2D eigenvalue weighted by Gasteiger charge is 2.36. The van der Waals surface area contributed by atoms with Crippen molar-refractivity contribution in [2.24, 2.45) is 17.6 Å². The summed E-state index contributed by atoms with van der Waals surface area (Å²) >= 11 is 12.1. The number of likely N-dealkylation sites (tertiary alicyclic amines) is 1. The number of primary amides is 1. The van der Waals surface area contributed by atoms with Crippen LogP contribution in [0.1, 0.15) is 25.7 Å². The average Bonchev–Trinajstić information content (AvgIpc) is 2.67. The zero-order valence-electron chi connectivity index (χ0n) is 15.3. The first kappa shape index (κ1) is 21.4. The third kappa shape index (κ3) is 4.30. The predicted octanol–water partition coefficient (Wildman–Crippen LogP) is 2.12. The Morgan fingerprint density at radius 3 is 1.93 bits per heavy atom. The molecular formula is C18H23Cl2N3O4S. The fourth-order valence-electron chi connectivity index (χ4n) is 3.84. The third-order valence-corrected chi connectivity index (χ3v) is 8.38. The van der Waals surface area contributed by atoms with Gasteiger partial charge in [-0.1, -0.05) is 29.3 Å². The molecule has 10 heteroatoms. The van der Waals surface area contributed by atoms with Crippen molar-refractivity contribution in [2.75, 3.05) is 26.2 Å². The van der Waals surface area contributed by atoms with Crippen molar-refractivity contribution in [3.63, 3.8) is 0 Å². The van der Waals surface area contributed by atoms with Gasteiger partial charge in [-0.15, -0.1) is 0 Å². The van der Waals surface area contributed by atoms with Gasteiger partial charge in [0.2, 0.25) is 21.8 Å². The SMILES string of the molecule is NC(=O)C1CCN(C(=O)C2CCN(S(=O)(=O)c3c(Cl)cccc3Cl)CC2)CC1. The Morgan fingerprint density at radius 1 is 0.929 bits per heavy atom. The molecule has 0 radical (unpaired) electrons. The smallest absolute Gasteiger partial charge is 0.246 e. The highest BCUT2D eigenvalue weighted by atomic mass is 35.5. The second-order valence-corrected chi connectivity index (χ2v) is 9.92. The van der Waals surface area contributed by atoms with Crippen LogP contribution in [0.4, 0.5) is 0 Å². The zero-order chi connectivity index (χ0) is 20.5. The average molecular weight is 448 g/mol. The summed E-state index contributed by atoms with van der Waals surface area (Å²) in [5.41, 5.74) is 5.33. The van der Waals surface area contributed by atoms with E-state index in [1.807, 2.05) is 0 Å². The van der Waals surface area contributed by atoms with Gasteiger partial charge in [-0.2, -0.15) is 4.31 Å². The molecule has 2 saturated heterocycles. The van der Waals surface area contributed by atoms with Crippen molar-refractivity contribution in [2.45, 2.75) is 30.6 Å². The number of sulfonamides is 1. The van der Waals surface area contributed by atoms with Crippen LogP contribution in [0.15, 0.2) is 23.1 Å². The number of hydrogen-bond donors (Lipinski definition) is 1. The summed E-state index contributed by atoms with van der Waals surface area (Å²) < 4.78 is 27.2. The summed E-state index contributed by atoms with van der Waals surface area (Å²) in [4.78, 5) is 25.7. The van der Waals surface area contributed by atoms with Crippen molar-refractivity contribution < 1.29 is 18.0 Å². The van der Waals surface area contributed by atoms with Crippen LogP contribution in [0, 0.1) is 11.8 Å². The maximum Gasteiger partial charge on any atom is 0.246 e. The normalized spacial score (nSPS) is 20.3. The summed E-state index contributed by atoms with van der Waals surface area (Å²) in [6.07, 6.45) is 2.05. The molecule has 0 atom stereocenters. The molecule has 0 aromatic heterocycles. The fraction of sp³-hybridized carbons (Fsp3) is 0.556. The van der Waals surface area contributed by atoms with Gasteiger partial charge in [0.05, 0.1) is 10.0 Å². The van der Waals surface area contributed by atoms with Crippen LogP contribution in [-0.2, 0) is 19.6 Å². The van der Waals surface area contributed by atoms with E-state index in [0.29, 0.717) is 38.8 Å². The number of hydrogen-bond acceptors (Lipinski definition) is 4. The molecule has 1 aromatic rings. The van der Waals surface area contributed by atoms with Gasteiger partial charge in [-0.05, 0) is 37.8 Å². The lowest BCUT2D eigenvalue weighted by atomic mass is 9.92. The molecule has 0 bridgehead atoms. The lowest BCUT2D eigenvalue weighted by molar-refractivity contribution is -0.139. The lowest BCUT2D eigenvalue weighted by Gasteiger charge is -2.36. The molecule has 3 rings (SSSR count). The van der Waals surface area contributed by atoms with Gasteiger partial charge in [0.25, 0.3) is 0 Å². The van der Waals surface area contributed by atoms with Crippen molar-refractivity contribution in [3.8, 4) is 0 Å². The van der Waals surface area contributed by atoms with Gasteiger partial charge in [-0.3, -0.25) is 9.59 Å². The van der Waals surface area contributed by atoms with Crippen molar-refractivity contribution in [3.05, 3.63) is 28.2 Å². The Morgan fingerprint density at radius 2 is 1.43 bits per heavy atom. The molecule has 154 valence electrons. The van der Waals surface area contributed by atoms with Crippen LogP contribution in [0.3, 0.4) is 0 Å². The van der Waals surface area contributed by atoms with Crippen LogP contribution < -0.4 is 5.73 Å². The Balaban J connectivity index is 1.61.